The number of phenolic OH excluding ortho intramolecular Hbond substituents is 1. The third-order valence-electron chi connectivity index (χ3n) is 10.6. The van der Waals surface area contributed by atoms with E-state index >= 15 is 0 Å². The van der Waals surface area contributed by atoms with E-state index in [0.717, 1.165) is 21.9 Å². The van der Waals surface area contributed by atoms with Crippen LogP contribution in [0.3, 0.4) is 0 Å². The molecule has 1 N–H and O–H groups in total. The van der Waals surface area contributed by atoms with Gasteiger partial charge in [0.05, 0.1) is 23.2 Å². The average Bonchev–Trinajstić information content (AvgIpc) is 3.47. The van der Waals surface area contributed by atoms with Crippen LogP contribution >= 0.6 is 39.1 Å². The average molecular weight is 788 g/mol. The van der Waals surface area contributed by atoms with Crippen molar-refractivity contribution >= 4 is 79.9 Å². The van der Waals surface area contributed by atoms with Gasteiger partial charge in [0, 0.05) is 27.1 Å². The molecular weight excluding hydrogens is 762 g/mol. The predicted molar refractivity (Wildman–Crippen MR) is 191 cm³/mol. The molecule has 12 heteroatoms. The Morgan fingerprint density at radius 2 is 1.41 bits per heavy atom. The van der Waals surface area contributed by atoms with Gasteiger partial charge < -0.3 is 5.11 Å². The molecule has 6 unspecified atom stereocenters. The maximum atomic E-state index is 14.5. The van der Waals surface area contributed by atoms with Gasteiger partial charge in [-0.05, 0) is 85.5 Å². The van der Waals surface area contributed by atoms with Gasteiger partial charge in [-0.15, -0.1) is 23.2 Å². The summed E-state index contributed by atoms with van der Waals surface area (Å²) in [6.07, 6.45) is 1.63. The Labute approximate surface area is 309 Å². The van der Waals surface area contributed by atoms with Crippen LogP contribution in [0.1, 0.15) is 40.2 Å². The van der Waals surface area contributed by atoms with Gasteiger partial charge in [0.2, 0.25) is 11.8 Å². The third kappa shape index (κ3) is 4.80. The van der Waals surface area contributed by atoms with E-state index in [1.54, 1.807) is 72.8 Å². The van der Waals surface area contributed by atoms with Gasteiger partial charge in [0.15, 0.2) is 15.5 Å². The number of benzene rings is 4. The fourth-order valence-corrected chi connectivity index (χ4v) is 9.58. The van der Waals surface area contributed by atoms with E-state index in [2.05, 4.69) is 15.9 Å². The van der Waals surface area contributed by atoms with Crippen molar-refractivity contribution in [2.24, 2.45) is 17.8 Å². The summed E-state index contributed by atoms with van der Waals surface area (Å²) in [7, 11) is 0. The summed E-state index contributed by atoms with van der Waals surface area (Å²) in [5.74, 6) is -7.50. The molecule has 6 atom stereocenters. The van der Waals surface area contributed by atoms with Crippen LogP contribution in [0.5, 0.6) is 5.75 Å². The fraction of sp³-hybridized carbons (Fsp3) is 0.205. The van der Waals surface area contributed by atoms with Crippen molar-refractivity contribution in [2.75, 3.05) is 9.80 Å². The number of anilines is 2. The highest BCUT2D eigenvalue weighted by molar-refractivity contribution is 9.10. The van der Waals surface area contributed by atoms with Crippen molar-refractivity contribution in [3.05, 3.63) is 136 Å². The number of alkyl halides is 2. The normalized spacial score (nSPS) is 28.4. The predicted octanol–water partition coefficient (Wildman–Crippen LogP) is 7.29. The first kappa shape index (κ1) is 33.5. The number of hydrogen-bond acceptors (Lipinski definition) is 6. The van der Waals surface area contributed by atoms with Crippen LogP contribution < -0.4 is 9.80 Å². The Hall–Kier alpha value is -4.64. The number of phenols is 1. The van der Waals surface area contributed by atoms with Gasteiger partial charge in [0.1, 0.15) is 11.6 Å². The summed E-state index contributed by atoms with van der Waals surface area (Å²) in [5.41, 5.74) is 1.92. The number of aromatic hydroxyl groups is 1. The molecule has 2 saturated heterocycles. The van der Waals surface area contributed by atoms with E-state index in [9.17, 15) is 33.5 Å². The first-order chi connectivity index (χ1) is 24.4. The molecule has 4 amide bonds. The lowest BCUT2D eigenvalue weighted by Gasteiger charge is -2.50. The highest BCUT2D eigenvalue weighted by Crippen LogP contribution is 2.66. The monoisotopic (exact) mass is 786 g/mol. The van der Waals surface area contributed by atoms with Crippen LogP contribution in [0.25, 0.3) is 0 Å². The maximum Gasteiger partial charge on any atom is 0.258 e. The Morgan fingerprint density at radius 3 is 2.10 bits per heavy atom. The molecule has 8 rings (SSSR count). The van der Waals surface area contributed by atoms with Gasteiger partial charge in [-0.3, -0.25) is 28.9 Å². The molecule has 4 aromatic rings. The lowest BCUT2D eigenvalue weighted by Crippen LogP contribution is -2.60. The number of allylic oxidation sites excluding steroid dienone is 2. The Bertz CT molecular complexity index is 2210. The second-order valence-electron chi connectivity index (χ2n) is 13.2. The van der Waals surface area contributed by atoms with Gasteiger partial charge >= 0.3 is 0 Å². The van der Waals surface area contributed by atoms with Crippen molar-refractivity contribution in [2.45, 2.75) is 28.5 Å². The summed E-state index contributed by atoms with van der Waals surface area (Å²) >= 11 is 18.2. The lowest BCUT2D eigenvalue weighted by molar-refractivity contribution is -0.125. The number of hydrogen-bond donors (Lipinski definition) is 1. The molecule has 1 saturated carbocycles. The highest BCUT2D eigenvalue weighted by Gasteiger charge is 2.77. The van der Waals surface area contributed by atoms with Gasteiger partial charge in [-0.1, -0.05) is 57.9 Å². The molecule has 2 aliphatic carbocycles. The SMILES string of the molecule is O=C(c1ccccc1)c1ccc(N2C(=O)C3CC=C4C(CC5(Cl)C(=O)N(c6ccc(F)cc6)C(=O)C5(Cl)C4c4cc(Br)ccc4O)C3C2=O)cc1. The van der Waals surface area contributed by atoms with Crippen molar-refractivity contribution < 1.29 is 33.5 Å². The molecule has 0 bridgehead atoms. The summed E-state index contributed by atoms with van der Waals surface area (Å²) in [4.78, 5) is 68.0. The van der Waals surface area contributed by atoms with E-state index in [0.29, 0.717) is 21.2 Å². The quantitative estimate of drug-likeness (QED) is 0.0985. The molecular formula is C39H26BrCl2FN2O6. The number of ketones is 1. The number of imide groups is 2. The molecule has 4 aliphatic rings. The number of fused-ring (bicyclic) bond motifs is 4. The minimum absolute atomic E-state index is 0.0559. The van der Waals surface area contributed by atoms with E-state index in [-0.39, 0.29) is 41.3 Å². The molecule has 51 heavy (non-hydrogen) atoms. The zero-order valence-electron chi connectivity index (χ0n) is 26.4. The van der Waals surface area contributed by atoms with Crippen LogP contribution in [-0.2, 0) is 19.2 Å². The molecule has 0 aromatic heterocycles. The number of nitrogens with zero attached hydrogens (tertiary/aromatic N) is 2. The molecule has 4 aromatic carbocycles. The van der Waals surface area contributed by atoms with E-state index in [1.165, 1.54) is 18.2 Å². The Balaban J connectivity index is 1.21. The van der Waals surface area contributed by atoms with Crippen molar-refractivity contribution in [3.8, 4) is 5.75 Å². The smallest absolute Gasteiger partial charge is 0.258 e. The van der Waals surface area contributed by atoms with Crippen LogP contribution in [0.15, 0.2) is 113 Å². The summed E-state index contributed by atoms with van der Waals surface area (Å²) in [6, 6.07) is 24.3. The summed E-state index contributed by atoms with van der Waals surface area (Å²) in [5, 5.41) is 11.2. The molecule has 2 heterocycles. The Morgan fingerprint density at radius 1 is 0.784 bits per heavy atom. The molecule has 256 valence electrons. The molecule has 0 radical (unpaired) electrons. The van der Waals surface area contributed by atoms with Crippen LogP contribution in [0.2, 0.25) is 0 Å². The minimum Gasteiger partial charge on any atom is -0.508 e. The fourth-order valence-electron chi connectivity index (χ4n) is 8.27. The van der Waals surface area contributed by atoms with Crippen LogP contribution in [0.4, 0.5) is 15.8 Å². The molecule has 2 aliphatic heterocycles. The first-order valence-corrected chi connectivity index (χ1v) is 17.7. The van der Waals surface area contributed by atoms with Crippen LogP contribution in [-0.4, -0.2) is 44.3 Å². The molecule has 3 fully saturated rings. The number of carbonyl (C=O) groups excluding carboxylic acids is 5. The third-order valence-corrected chi connectivity index (χ3v) is 12.5. The Kier molecular flexibility index (Phi) is 7.86. The van der Waals surface area contributed by atoms with Gasteiger partial charge in [0.25, 0.3) is 11.8 Å². The van der Waals surface area contributed by atoms with Gasteiger partial charge in [-0.2, -0.15) is 0 Å². The second kappa shape index (κ2) is 12.0. The summed E-state index contributed by atoms with van der Waals surface area (Å²) < 4.78 is 14.4. The minimum atomic E-state index is -2.18. The zero-order valence-corrected chi connectivity index (χ0v) is 29.5. The second-order valence-corrected chi connectivity index (χ2v) is 15.4. The zero-order chi connectivity index (χ0) is 36.0. The topological polar surface area (TPSA) is 112 Å². The highest BCUT2D eigenvalue weighted by atomic mass is 79.9. The van der Waals surface area contributed by atoms with Gasteiger partial charge in [-0.25, -0.2) is 9.29 Å². The lowest BCUT2D eigenvalue weighted by atomic mass is 9.56. The van der Waals surface area contributed by atoms with Crippen molar-refractivity contribution in [1.29, 1.82) is 0 Å². The van der Waals surface area contributed by atoms with E-state index in [1.807, 2.05) is 0 Å². The number of halogens is 4. The maximum absolute atomic E-state index is 14.5. The number of rotatable bonds is 5. The van der Waals surface area contributed by atoms with E-state index in [4.69, 9.17) is 23.2 Å². The van der Waals surface area contributed by atoms with Crippen molar-refractivity contribution in [3.63, 3.8) is 0 Å². The molecule has 0 spiro atoms. The summed E-state index contributed by atoms with van der Waals surface area (Å²) in [6.45, 7) is 0. The van der Waals surface area contributed by atoms with Crippen LogP contribution in [0, 0.1) is 23.6 Å². The largest absolute Gasteiger partial charge is 0.508 e. The number of carbonyl (C=O) groups is 5. The standard InChI is InChI=1S/C39H26BrCl2FN2O6/c40-22-8-17-30(46)28(18-22)32-26-15-16-27-31(29(26)19-38(41)36(50)45(37(51)39(32,38)42)25-13-9-23(43)10-14-25)35(49)44(34(27)48)24-11-6-21(7-12-24)33(47)20-4-2-1-3-5-20/h1-15,17-18,27,29,31-32,46H,16,19H2. The molecule has 8 nitrogen and oxygen atoms in total. The van der Waals surface area contributed by atoms with Crippen molar-refractivity contribution in [1.82, 2.24) is 0 Å². The first-order valence-electron chi connectivity index (χ1n) is 16.1. The number of amides is 4. The van der Waals surface area contributed by atoms with E-state index < -0.39 is 62.9 Å².